The van der Waals surface area contributed by atoms with Crippen LogP contribution < -0.4 is 20.1 Å². The van der Waals surface area contributed by atoms with Crippen LogP contribution in [-0.4, -0.2) is 70.8 Å². The predicted molar refractivity (Wildman–Crippen MR) is 101 cm³/mol. The number of alkyl halides is 4. The molecule has 1 unspecified atom stereocenters. The quantitative estimate of drug-likeness (QED) is 0.674. The van der Waals surface area contributed by atoms with E-state index in [1.54, 1.807) is 4.31 Å². The van der Waals surface area contributed by atoms with Crippen molar-refractivity contribution in [2.75, 3.05) is 44.3 Å². The normalized spacial score (nSPS) is 25.6. The Labute approximate surface area is 177 Å². The molecule has 0 saturated carbocycles. The molecule has 0 radical (unpaired) electrons. The van der Waals surface area contributed by atoms with Crippen molar-refractivity contribution in [2.24, 2.45) is 5.73 Å². The van der Waals surface area contributed by atoms with Crippen molar-refractivity contribution in [3.63, 3.8) is 0 Å². The van der Waals surface area contributed by atoms with Crippen LogP contribution in [-0.2, 0) is 20.5 Å². The maximum Gasteiger partial charge on any atom is 0.507 e. The fourth-order valence-electron chi connectivity index (χ4n) is 3.82. The number of rotatable bonds is 4. The summed E-state index contributed by atoms with van der Waals surface area (Å²) in [4.78, 5) is 13.9. The number of amides is 1. The fraction of sp³-hybridized carbons (Fsp3) is 0.611. The van der Waals surface area contributed by atoms with Crippen LogP contribution in [0.4, 0.5) is 23.2 Å². The van der Waals surface area contributed by atoms with Gasteiger partial charge in [-0.1, -0.05) is 0 Å². The molecule has 0 bridgehead atoms. The topological polar surface area (TPSA) is 94.3 Å². The summed E-state index contributed by atoms with van der Waals surface area (Å²) < 4.78 is 80.7. The number of carbonyl (C=O) groups is 1. The summed E-state index contributed by atoms with van der Waals surface area (Å²) in [7, 11) is -1.65. The Balaban J connectivity index is 1.45. The van der Waals surface area contributed by atoms with Crippen LogP contribution in [0, 0.1) is 0 Å². The summed E-state index contributed by atoms with van der Waals surface area (Å²) in [5.41, 5.74) is 6.03. The van der Waals surface area contributed by atoms with Gasteiger partial charge in [-0.15, -0.1) is 0 Å². The van der Waals surface area contributed by atoms with Crippen LogP contribution in [0.25, 0.3) is 0 Å². The monoisotopic (exact) mass is 467 g/mol. The molecule has 1 aromatic carbocycles. The molecule has 3 aliphatic rings. The van der Waals surface area contributed by atoms with Gasteiger partial charge in [0, 0.05) is 51.1 Å². The molecular weight excluding hydrogens is 446 g/mol. The van der Waals surface area contributed by atoms with E-state index in [4.69, 9.17) is 10.5 Å². The molecule has 2 fully saturated rings. The lowest BCUT2D eigenvalue weighted by Gasteiger charge is -2.41. The molecule has 1 aromatic rings. The Hall–Kier alpha value is -2.12. The maximum atomic E-state index is 13.5. The van der Waals surface area contributed by atoms with Gasteiger partial charge in [0.25, 0.3) is 0 Å². The Morgan fingerprint density at radius 1 is 0.968 bits per heavy atom. The summed E-state index contributed by atoms with van der Waals surface area (Å²) in [6.45, 7) is 1.98. The molecule has 4 rings (SSSR count). The van der Waals surface area contributed by atoms with Crippen LogP contribution in [0.2, 0.25) is 0 Å². The third kappa shape index (κ3) is 3.82. The highest BCUT2D eigenvalue weighted by atomic mass is 32.2. The Morgan fingerprint density at radius 3 is 2.13 bits per heavy atom. The molecular formula is C18H21F4N3O5S. The molecule has 2 saturated heterocycles. The van der Waals surface area contributed by atoms with Crippen molar-refractivity contribution in [1.29, 1.82) is 0 Å². The molecule has 2 N–H and O–H groups in total. The van der Waals surface area contributed by atoms with Crippen molar-refractivity contribution < 1.29 is 40.8 Å². The van der Waals surface area contributed by atoms with Crippen molar-refractivity contribution in [1.82, 2.24) is 4.31 Å². The summed E-state index contributed by atoms with van der Waals surface area (Å²) in [6.07, 6.45) is -9.01. The molecule has 31 heavy (non-hydrogen) atoms. The van der Waals surface area contributed by atoms with Gasteiger partial charge in [-0.2, -0.15) is 17.6 Å². The van der Waals surface area contributed by atoms with E-state index in [2.05, 4.69) is 9.47 Å². The zero-order valence-corrected chi connectivity index (χ0v) is 17.1. The number of carbonyl (C=O) groups excluding carboxylic acids is 1. The van der Waals surface area contributed by atoms with Gasteiger partial charge in [-0.3, -0.25) is 4.79 Å². The number of primary amides is 1. The van der Waals surface area contributed by atoms with E-state index >= 15 is 0 Å². The molecule has 3 heterocycles. The zero-order valence-electron chi connectivity index (χ0n) is 16.3. The Bertz CT molecular complexity index is 889. The lowest BCUT2D eigenvalue weighted by Crippen LogP contribution is -2.58. The second-order valence-corrected chi connectivity index (χ2v) is 9.30. The molecule has 3 aliphatic heterocycles. The summed E-state index contributed by atoms with van der Waals surface area (Å²) in [5.74, 6) is -1.60. The van der Waals surface area contributed by atoms with Gasteiger partial charge >= 0.3 is 12.2 Å². The number of anilines is 1. The first-order valence-electron chi connectivity index (χ1n) is 9.63. The van der Waals surface area contributed by atoms with Gasteiger partial charge in [0.15, 0.2) is 11.5 Å². The van der Waals surface area contributed by atoms with Crippen LogP contribution >= 0.6 is 0 Å². The number of fused-ring (bicyclic) bond motifs is 1. The second-order valence-electron chi connectivity index (χ2n) is 7.50. The number of hydrogen-bond acceptors (Lipinski definition) is 6. The lowest BCUT2D eigenvalue weighted by atomic mass is 9.98. The molecule has 13 heteroatoms. The number of benzene rings is 1. The lowest BCUT2D eigenvalue weighted by molar-refractivity contribution is -0.391. The minimum atomic E-state index is -4.79. The molecule has 8 nitrogen and oxygen atoms in total. The van der Waals surface area contributed by atoms with E-state index in [1.807, 2.05) is 4.90 Å². The SMILES string of the molecule is NC(=O)C1(S(=O)N2CCN(c3ccc4c(c3)OC(F)(F)C(F)(F)O4)CC2)CCOCC1. The standard InChI is InChI=1S/C18H21F4N3O5S/c19-17(20)18(21,22)30-14-11-12(1-2-13(14)29-17)24-5-7-25(8-6-24)31(27)16(15(23)26)3-9-28-10-4-16/h1-2,11H,3-10H2,(H2,23,26). The van der Waals surface area contributed by atoms with Crippen molar-refractivity contribution in [3.8, 4) is 11.5 Å². The van der Waals surface area contributed by atoms with E-state index in [-0.39, 0.29) is 12.8 Å². The van der Waals surface area contributed by atoms with Crippen LogP contribution in [0.15, 0.2) is 18.2 Å². The zero-order chi connectivity index (χ0) is 22.4. The van der Waals surface area contributed by atoms with E-state index in [9.17, 15) is 26.6 Å². The average molecular weight is 467 g/mol. The third-order valence-electron chi connectivity index (χ3n) is 5.66. The predicted octanol–water partition coefficient (Wildman–Crippen LogP) is 1.46. The van der Waals surface area contributed by atoms with Crippen molar-refractivity contribution >= 4 is 22.6 Å². The van der Waals surface area contributed by atoms with Gasteiger partial charge in [-0.05, 0) is 25.0 Å². The van der Waals surface area contributed by atoms with Crippen molar-refractivity contribution in [2.45, 2.75) is 29.8 Å². The Kier molecular flexibility index (Phi) is 5.54. The largest absolute Gasteiger partial charge is 0.507 e. The van der Waals surface area contributed by atoms with Crippen LogP contribution in [0.1, 0.15) is 12.8 Å². The van der Waals surface area contributed by atoms with Crippen LogP contribution in [0.3, 0.4) is 0 Å². The summed E-state index contributed by atoms with van der Waals surface area (Å²) in [6, 6.07) is 3.80. The smallest absolute Gasteiger partial charge is 0.421 e. The minimum Gasteiger partial charge on any atom is -0.421 e. The molecule has 0 aliphatic carbocycles. The van der Waals surface area contributed by atoms with Gasteiger partial charge in [-0.25, -0.2) is 8.51 Å². The van der Waals surface area contributed by atoms with Gasteiger partial charge in [0.05, 0.1) is 0 Å². The highest BCUT2D eigenvalue weighted by Crippen LogP contribution is 2.48. The molecule has 0 aromatic heterocycles. The maximum absolute atomic E-state index is 13.5. The molecule has 1 amide bonds. The number of nitrogens with two attached hydrogens (primary N) is 1. The second kappa shape index (κ2) is 7.78. The first-order chi connectivity index (χ1) is 14.6. The van der Waals surface area contributed by atoms with Crippen molar-refractivity contribution in [3.05, 3.63) is 18.2 Å². The summed E-state index contributed by atoms with van der Waals surface area (Å²) in [5, 5.41) is 0. The van der Waals surface area contributed by atoms with E-state index in [0.717, 1.165) is 6.07 Å². The third-order valence-corrected chi connectivity index (χ3v) is 7.78. The molecule has 1 atom stereocenters. The highest BCUT2D eigenvalue weighted by Gasteiger charge is 2.66. The van der Waals surface area contributed by atoms with Gasteiger partial charge < -0.3 is 24.8 Å². The summed E-state index contributed by atoms with van der Waals surface area (Å²) >= 11 is 0. The number of ether oxygens (including phenoxy) is 3. The number of hydrogen-bond donors (Lipinski definition) is 1. The number of halogens is 4. The first-order valence-corrected chi connectivity index (χ1v) is 10.7. The minimum absolute atomic E-state index is 0.274. The van der Waals surface area contributed by atoms with E-state index < -0.39 is 45.4 Å². The average Bonchev–Trinajstić information content (AvgIpc) is 2.74. The fourth-order valence-corrected chi connectivity index (χ4v) is 5.50. The Morgan fingerprint density at radius 2 is 1.55 bits per heavy atom. The van der Waals surface area contributed by atoms with E-state index in [1.165, 1.54) is 12.1 Å². The van der Waals surface area contributed by atoms with Crippen LogP contribution in [0.5, 0.6) is 11.5 Å². The highest BCUT2D eigenvalue weighted by molar-refractivity contribution is 7.85. The van der Waals surface area contributed by atoms with Gasteiger partial charge in [0.1, 0.15) is 15.7 Å². The first kappa shape index (κ1) is 22.1. The number of piperazine rings is 1. The van der Waals surface area contributed by atoms with Gasteiger partial charge in [0.2, 0.25) is 5.91 Å². The number of nitrogens with zero attached hydrogens (tertiary/aromatic N) is 2. The molecule has 0 spiro atoms. The molecule has 172 valence electrons. The van der Waals surface area contributed by atoms with E-state index in [0.29, 0.717) is 45.1 Å².